The van der Waals surface area contributed by atoms with Crippen LogP contribution < -0.4 is 15.2 Å². The van der Waals surface area contributed by atoms with Crippen molar-refractivity contribution in [2.24, 2.45) is 0 Å². The van der Waals surface area contributed by atoms with Crippen molar-refractivity contribution in [1.82, 2.24) is 9.78 Å². The Hall–Kier alpha value is -2.68. The second-order valence-corrected chi connectivity index (χ2v) is 4.86. The van der Waals surface area contributed by atoms with Gasteiger partial charge in [0, 0.05) is 6.04 Å². The van der Waals surface area contributed by atoms with Crippen LogP contribution in [-0.2, 0) is 6.61 Å². The van der Waals surface area contributed by atoms with Crippen molar-refractivity contribution in [3.05, 3.63) is 35.4 Å². The predicted octanol–water partition coefficient (Wildman–Crippen LogP) is 2.51. The first kappa shape index (κ1) is 14.7. The van der Waals surface area contributed by atoms with Gasteiger partial charge < -0.3 is 15.2 Å². The molecule has 0 aliphatic carbocycles. The predicted molar refractivity (Wildman–Crippen MR) is 79.1 cm³/mol. The normalized spacial score (nSPS) is 10.4. The maximum atomic E-state index is 9.19. The summed E-state index contributed by atoms with van der Waals surface area (Å²) >= 11 is 0. The van der Waals surface area contributed by atoms with Crippen LogP contribution in [0, 0.1) is 11.3 Å². The van der Waals surface area contributed by atoms with E-state index in [2.05, 4.69) is 5.10 Å². The van der Waals surface area contributed by atoms with E-state index in [0.717, 1.165) is 11.3 Å². The number of ether oxygens (including phenoxy) is 2. The second-order valence-electron chi connectivity index (χ2n) is 4.86. The molecule has 0 amide bonds. The van der Waals surface area contributed by atoms with Crippen LogP contribution in [0.5, 0.6) is 11.6 Å². The maximum absolute atomic E-state index is 9.19. The van der Waals surface area contributed by atoms with Crippen molar-refractivity contribution in [3.63, 3.8) is 0 Å². The number of benzene rings is 1. The molecule has 0 unspecified atom stereocenters. The smallest absolute Gasteiger partial charge is 0.253 e. The molecule has 0 saturated carbocycles. The Kier molecular flexibility index (Phi) is 4.33. The Labute approximate surface area is 123 Å². The molecule has 2 aromatic rings. The molecule has 0 saturated heterocycles. The molecule has 2 rings (SSSR count). The summed E-state index contributed by atoms with van der Waals surface area (Å²) < 4.78 is 12.4. The van der Waals surface area contributed by atoms with Crippen LogP contribution >= 0.6 is 0 Å². The highest BCUT2D eigenvalue weighted by Gasteiger charge is 2.18. The van der Waals surface area contributed by atoms with Crippen molar-refractivity contribution >= 4 is 5.82 Å². The molecule has 1 aromatic carbocycles. The topological polar surface area (TPSA) is 86.1 Å². The summed E-state index contributed by atoms with van der Waals surface area (Å²) in [6.07, 6.45) is 0. The molecule has 1 aromatic heterocycles. The zero-order valence-electron chi connectivity index (χ0n) is 12.3. The van der Waals surface area contributed by atoms with Gasteiger partial charge in [0.25, 0.3) is 5.88 Å². The molecule has 0 radical (unpaired) electrons. The summed E-state index contributed by atoms with van der Waals surface area (Å²) in [7, 11) is 1.61. The van der Waals surface area contributed by atoms with Gasteiger partial charge in [-0.25, -0.2) is 4.68 Å². The van der Waals surface area contributed by atoms with E-state index in [9.17, 15) is 5.26 Å². The maximum Gasteiger partial charge on any atom is 0.253 e. The molecule has 1 heterocycles. The molecule has 110 valence electrons. The SMILES string of the molecule is COc1cccc(COc2nn(C(C)C)c(N)c2C#N)c1. The number of aromatic nitrogens is 2. The molecule has 21 heavy (non-hydrogen) atoms. The third kappa shape index (κ3) is 3.08. The first-order valence-corrected chi connectivity index (χ1v) is 6.60. The van der Waals surface area contributed by atoms with Gasteiger partial charge in [-0.05, 0) is 31.5 Å². The summed E-state index contributed by atoms with van der Waals surface area (Å²) in [6, 6.07) is 9.62. The minimum absolute atomic E-state index is 0.0614. The fraction of sp³-hybridized carbons (Fsp3) is 0.333. The van der Waals surface area contributed by atoms with Crippen LogP contribution in [0.4, 0.5) is 5.82 Å². The van der Waals surface area contributed by atoms with Gasteiger partial charge >= 0.3 is 0 Å². The van der Waals surface area contributed by atoms with E-state index in [-0.39, 0.29) is 17.5 Å². The third-order valence-electron chi connectivity index (χ3n) is 3.03. The molecule has 0 bridgehead atoms. The number of hydrogen-bond donors (Lipinski definition) is 1. The Morgan fingerprint density at radius 2 is 2.19 bits per heavy atom. The Morgan fingerprint density at radius 3 is 2.81 bits per heavy atom. The van der Waals surface area contributed by atoms with Gasteiger partial charge in [0.05, 0.1) is 7.11 Å². The zero-order valence-corrected chi connectivity index (χ0v) is 12.3. The van der Waals surface area contributed by atoms with Gasteiger partial charge in [0.1, 0.15) is 24.2 Å². The van der Waals surface area contributed by atoms with Crippen LogP contribution in [0.15, 0.2) is 24.3 Å². The van der Waals surface area contributed by atoms with Crippen LogP contribution in [-0.4, -0.2) is 16.9 Å². The van der Waals surface area contributed by atoms with Gasteiger partial charge in [-0.2, -0.15) is 5.26 Å². The lowest BCUT2D eigenvalue weighted by molar-refractivity contribution is 0.286. The van der Waals surface area contributed by atoms with Crippen molar-refractivity contribution in [2.75, 3.05) is 12.8 Å². The Balaban J connectivity index is 2.20. The van der Waals surface area contributed by atoms with E-state index >= 15 is 0 Å². The summed E-state index contributed by atoms with van der Waals surface area (Å²) in [4.78, 5) is 0. The second kappa shape index (κ2) is 6.18. The number of nitrogens with two attached hydrogens (primary N) is 1. The van der Waals surface area contributed by atoms with Crippen LogP contribution in [0.3, 0.4) is 0 Å². The van der Waals surface area contributed by atoms with Gasteiger partial charge in [0.15, 0.2) is 5.56 Å². The molecule has 0 spiro atoms. The lowest BCUT2D eigenvalue weighted by Crippen LogP contribution is -2.07. The number of nitriles is 1. The number of methoxy groups -OCH3 is 1. The molecule has 0 atom stereocenters. The monoisotopic (exact) mass is 286 g/mol. The molecular weight excluding hydrogens is 268 g/mol. The van der Waals surface area contributed by atoms with E-state index < -0.39 is 0 Å². The number of rotatable bonds is 5. The molecule has 6 heteroatoms. The largest absolute Gasteiger partial charge is 0.497 e. The van der Waals surface area contributed by atoms with Gasteiger partial charge in [-0.1, -0.05) is 12.1 Å². The molecule has 2 N–H and O–H groups in total. The van der Waals surface area contributed by atoms with E-state index in [1.54, 1.807) is 11.8 Å². The molecule has 0 fully saturated rings. The van der Waals surface area contributed by atoms with Gasteiger partial charge in [0.2, 0.25) is 0 Å². The van der Waals surface area contributed by atoms with E-state index in [1.165, 1.54) is 0 Å². The number of nitrogen functional groups attached to an aromatic ring is 1. The fourth-order valence-corrected chi connectivity index (χ4v) is 1.94. The number of hydrogen-bond acceptors (Lipinski definition) is 5. The average molecular weight is 286 g/mol. The highest BCUT2D eigenvalue weighted by molar-refractivity contribution is 5.55. The Bertz CT molecular complexity index is 671. The molecule has 0 aliphatic rings. The van der Waals surface area contributed by atoms with Crippen LogP contribution in [0.1, 0.15) is 31.0 Å². The lowest BCUT2D eigenvalue weighted by atomic mass is 10.2. The summed E-state index contributed by atoms with van der Waals surface area (Å²) in [5.74, 6) is 1.34. The minimum atomic E-state index is 0.0614. The summed E-state index contributed by atoms with van der Waals surface area (Å²) in [5.41, 5.74) is 7.10. The lowest BCUT2D eigenvalue weighted by Gasteiger charge is -2.06. The summed E-state index contributed by atoms with van der Waals surface area (Å²) in [6.45, 7) is 4.17. The number of nitrogens with zero attached hydrogens (tertiary/aromatic N) is 3. The minimum Gasteiger partial charge on any atom is -0.497 e. The molecule has 6 nitrogen and oxygen atoms in total. The van der Waals surface area contributed by atoms with Gasteiger partial charge in [-0.3, -0.25) is 0 Å². The quantitative estimate of drug-likeness (QED) is 0.912. The van der Waals surface area contributed by atoms with Crippen LogP contribution in [0.2, 0.25) is 0 Å². The van der Waals surface area contributed by atoms with E-state index in [0.29, 0.717) is 12.4 Å². The van der Waals surface area contributed by atoms with Crippen molar-refractivity contribution in [3.8, 4) is 17.7 Å². The Morgan fingerprint density at radius 1 is 1.43 bits per heavy atom. The molecular formula is C15H18N4O2. The molecule has 0 aliphatic heterocycles. The zero-order chi connectivity index (χ0) is 15.4. The summed E-state index contributed by atoms with van der Waals surface area (Å²) in [5, 5.41) is 13.4. The first-order valence-electron chi connectivity index (χ1n) is 6.60. The first-order chi connectivity index (χ1) is 10.1. The van der Waals surface area contributed by atoms with Gasteiger partial charge in [-0.15, -0.1) is 5.10 Å². The van der Waals surface area contributed by atoms with E-state index in [4.69, 9.17) is 15.2 Å². The fourth-order valence-electron chi connectivity index (χ4n) is 1.94. The van der Waals surface area contributed by atoms with E-state index in [1.807, 2.05) is 44.2 Å². The van der Waals surface area contributed by atoms with Crippen molar-refractivity contribution in [2.45, 2.75) is 26.5 Å². The van der Waals surface area contributed by atoms with Crippen molar-refractivity contribution < 1.29 is 9.47 Å². The highest BCUT2D eigenvalue weighted by Crippen LogP contribution is 2.26. The highest BCUT2D eigenvalue weighted by atomic mass is 16.5. The third-order valence-corrected chi connectivity index (χ3v) is 3.03. The van der Waals surface area contributed by atoms with Crippen LogP contribution in [0.25, 0.3) is 0 Å². The standard InChI is InChI=1S/C15H18N4O2/c1-10(2)19-14(17)13(8-16)15(18-19)21-9-11-5-4-6-12(7-11)20-3/h4-7,10H,9,17H2,1-3H3. The van der Waals surface area contributed by atoms with Crippen molar-refractivity contribution in [1.29, 1.82) is 5.26 Å². The number of anilines is 1. The average Bonchev–Trinajstić information content (AvgIpc) is 2.81.